The molecule has 0 N–H and O–H groups in total. The SMILES string of the molecule is CCc1ccc(Oc2ccc(C)cc2F)cc1C1=C(OC(C)=O)C(C)(C)OC(C)(C)C1=O. The molecule has 0 spiro atoms. The molecule has 3 rings (SSSR count). The zero-order chi connectivity index (χ0) is 23.8. The molecule has 1 aliphatic heterocycles. The van der Waals surface area contributed by atoms with Gasteiger partial charge in [0.25, 0.3) is 0 Å². The van der Waals surface area contributed by atoms with Crippen molar-refractivity contribution >= 4 is 17.3 Å². The molecule has 5 nitrogen and oxygen atoms in total. The molecular formula is C26H29FO5. The van der Waals surface area contributed by atoms with E-state index in [2.05, 4.69) is 0 Å². The van der Waals surface area contributed by atoms with Gasteiger partial charge >= 0.3 is 5.97 Å². The van der Waals surface area contributed by atoms with E-state index in [1.54, 1.807) is 58.9 Å². The summed E-state index contributed by atoms with van der Waals surface area (Å²) in [7, 11) is 0. The lowest BCUT2D eigenvalue weighted by Gasteiger charge is -2.42. The molecule has 0 radical (unpaired) electrons. The Hall–Kier alpha value is -2.99. The van der Waals surface area contributed by atoms with Gasteiger partial charge in [0, 0.05) is 6.92 Å². The van der Waals surface area contributed by atoms with E-state index >= 15 is 0 Å². The summed E-state index contributed by atoms with van der Waals surface area (Å²) in [5.41, 5.74) is 0.335. The Morgan fingerprint density at radius 1 is 1.06 bits per heavy atom. The minimum absolute atomic E-state index is 0.0824. The monoisotopic (exact) mass is 440 g/mol. The summed E-state index contributed by atoms with van der Waals surface area (Å²) in [6.45, 7) is 11.9. The van der Waals surface area contributed by atoms with Crippen LogP contribution in [0.15, 0.2) is 42.2 Å². The van der Waals surface area contributed by atoms with Crippen LogP contribution in [0.3, 0.4) is 0 Å². The number of hydrogen-bond acceptors (Lipinski definition) is 5. The number of carbonyl (C=O) groups excluding carboxylic acids is 2. The summed E-state index contributed by atoms with van der Waals surface area (Å²) >= 11 is 0. The van der Waals surface area contributed by atoms with Gasteiger partial charge in [0.2, 0.25) is 0 Å². The van der Waals surface area contributed by atoms with Crippen LogP contribution >= 0.6 is 0 Å². The zero-order valence-electron chi connectivity index (χ0n) is 19.6. The molecule has 0 bridgehead atoms. The van der Waals surface area contributed by atoms with Crippen molar-refractivity contribution in [1.29, 1.82) is 0 Å². The normalized spacial score (nSPS) is 17.3. The van der Waals surface area contributed by atoms with Crippen LogP contribution in [0, 0.1) is 12.7 Å². The summed E-state index contributed by atoms with van der Waals surface area (Å²) in [5.74, 6) is -0.725. The first kappa shape index (κ1) is 23.7. The van der Waals surface area contributed by atoms with Crippen molar-refractivity contribution in [1.82, 2.24) is 0 Å². The number of ether oxygens (including phenoxy) is 3. The second-order valence-corrected chi connectivity index (χ2v) is 8.96. The number of ketones is 1. The van der Waals surface area contributed by atoms with E-state index in [1.165, 1.54) is 13.0 Å². The highest BCUT2D eigenvalue weighted by molar-refractivity contribution is 6.26. The van der Waals surface area contributed by atoms with Gasteiger partial charge in [0.05, 0.1) is 5.57 Å². The first-order valence-corrected chi connectivity index (χ1v) is 10.6. The summed E-state index contributed by atoms with van der Waals surface area (Å²) in [4.78, 5) is 25.4. The predicted molar refractivity (Wildman–Crippen MR) is 120 cm³/mol. The van der Waals surface area contributed by atoms with E-state index in [1.807, 2.05) is 13.0 Å². The highest BCUT2D eigenvalue weighted by Crippen LogP contribution is 2.43. The van der Waals surface area contributed by atoms with Gasteiger partial charge in [-0.1, -0.05) is 19.1 Å². The fourth-order valence-electron chi connectivity index (χ4n) is 3.97. The smallest absolute Gasteiger partial charge is 0.307 e. The van der Waals surface area contributed by atoms with Crippen LogP contribution in [-0.2, 0) is 25.5 Å². The van der Waals surface area contributed by atoms with Crippen LogP contribution in [0.1, 0.15) is 58.2 Å². The highest BCUT2D eigenvalue weighted by Gasteiger charge is 2.48. The third-order valence-electron chi connectivity index (χ3n) is 5.35. The van der Waals surface area contributed by atoms with Crippen LogP contribution in [0.5, 0.6) is 11.5 Å². The Morgan fingerprint density at radius 2 is 1.75 bits per heavy atom. The average Bonchev–Trinajstić information content (AvgIpc) is 2.68. The van der Waals surface area contributed by atoms with Crippen molar-refractivity contribution < 1.29 is 28.2 Å². The number of rotatable bonds is 5. The zero-order valence-corrected chi connectivity index (χ0v) is 19.6. The standard InChI is InChI=1S/C26H29FO5/c1-8-17-10-11-18(31-21-12-9-15(2)13-20(21)27)14-19(17)22-23(29)25(4,5)32-26(6,7)24(22)30-16(3)28/h9-14H,8H2,1-7H3. The van der Waals surface area contributed by atoms with Crippen LogP contribution in [-0.4, -0.2) is 23.0 Å². The van der Waals surface area contributed by atoms with Gasteiger partial charge in [0.15, 0.2) is 23.1 Å². The topological polar surface area (TPSA) is 61.8 Å². The predicted octanol–water partition coefficient (Wildman–Crippen LogP) is 5.92. The van der Waals surface area contributed by atoms with Crippen molar-refractivity contribution in [2.75, 3.05) is 0 Å². The molecule has 0 saturated heterocycles. The lowest BCUT2D eigenvalue weighted by atomic mass is 9.81. The Bertz CT molecular complexity index is 1110. The summed E-state index contributed by atoms with van der Waals surface area (Å²) in [6.07, 6.45) is 0.625. The number of carbonyl (C=O) groups is 2. The fraction of sp³-hybridized carbons (Fsp3) is 0.385. The molecule has 6 heteroatoms. The van der Waals surface area contributed by atoms with Gasteiger partial charge in [-0.15, -0.1) is 0 Å². The second-order valence-electron chi connectivity index (χ2n) is 8.96. The Morgan fingerprint density at radius 3 is 2.34 bits per heavy atom. The molecule has 2 aromatic carbocycles. The number of halogens is 1. The summed E-state index contributed by atoms with van der Waals surface area (Å²) in [5, 5.41) is 0. The quantitative estimate of drug-likeness (QED) is 0.540. The molecule has 2 aromatic rings. The molecular weight excluding hydrogens is 411 g/mol. The Labute approximate surface area is 188 Å². The molecule has 170 valence electrons. The molecule has 0 unspecified atom stereocenters. The van der Waals surface area contributed by atoms with E-state index < -0.39 is 23.0 Å². The maximum Gasteiger partial charge on any atom is 0.307 e. The molecule has 0 amide bonds. The van der Waals surface area contributed by atoms with Gasteiger partial charge in [-0.2, -0.15) is 0 Å². The van der Waals surface area contributed by atoms with Gasteiger partial charge in [-0.3, -0.25) is 9.59 Å². The Balaban J connectivity index is 2.21. The van der Waals surface area contributed by atoms with Crippen LogP contribution < -0.4 is 4.74 Å². The molecule has 0 saturated carbocycles. The maximum absolute atomic E-state index is 14.3. The molecule has 1 heterocycles. The maximum atomic E-state index is 14.3. The number of aryl methyl sites for hydroxylation is 2. The van der Waals surface area contributed by atoms with Crippen molar-refractivity contribution in [3.63, 3.8) is 0 Å². The van der Waals surface area contributed by atoms with Crippen molar-refractivity contribution in [2.24, 2.45) is 0 Å². The molecule has 32 heavy (non-hydrogen) atoms. The van der Waals surface area contributed by atoms with Gasteiger partial charge in [-0.05, 0) is 82.0 Å². The first-order chi connectivity index (χ1) is 14.9. The number of benzene rings is 2. The molecule has 0 fully saturated rings. The second kappa shape index (κ2) is 8.51. The van der Waals surface area contributed by atoms with E-state index in [9.17, 15) is 14.0 Å². The minimum Gasteiger partial charge on any atom is -0.454 e. The molecule has 0 atom stereocenters. The van der Waals surface area contributed by atoms with Crippen LogP contribution in [0.25, 0.3) is 5.57 Å². The van der Waals surface area contributed by atoms with Gasteiger partial charge in [0.1, 0.15) is 17.0 Å². The van der Waals surface area contributed by atoms with E-state index in [-0.39, 0.29) is 22.9 Å². The lowest BCUT2D eigenvalue weighted by Crippen LogP contribution is -2.50. The number of esters is 1. The Kier molecular flexibility index (Phi) is 6.29. The van der Waals surface area contributed by atoms with Gasteiger partial charge < -0.3 is 14.2 Å². The van der Waals surface area contributed by atoms with E-state index in [0.717, 1.165) is 11.1 Å². The highest BCUT2D eigenvalue weighted by atomic mass is 19.1. The minimum atomic E-state index is -1.13. The summed E-state index contributed by atoms with van der Waals surface area (Å²) in [6, 6.07) is 9.96. The molecule has 0 aromatic heterocycles. The fourth-order valence-corrected chi connectivity index (χ4v) is 3.97. The van der Waals surface area contributed by atoms with Gasteiger partial charge in [-0.25, -0.2) is 4.39 Å². The van der Waals surface area contributed by atoms with E-state index in [0.29, 0.717) is 17.7 Å². The number of hydrogen-bond donors (Lipinski definition) is 0. The summed E-state index contributed by atoms with van der Waals surface area (Å²) < 4.78 is 31.7. The average molecular weight is 441 g/mol. The largest absolute Gasteiger partial charge is 0.454 e. The van der Waals surface area contributed by atoms with E-state index in [4.69, 9.17) is 14.2 Å². The third-order valence-corrected chi connectivity index (χ3v) is 5.35. The molecule has 1 aliphatic rings. The van der Waals surface area contributed by atoms with Crippen molar-refractivity contribution in [2.45, 2.75) is 66.1 Å². The van der Waals surface area contributed by atoms with Crippen molar-refractivity contribution in [3.8, 4) is 11.5 Å². The number of Topliss-reactive ketones (excluding diaryl/α,β-unsaturated/α-hetero) is 1. The lowest BCUT2D eigenvalue weighted by molar-refractivity contribution is -0.165. The van der Waals surface area contributed by atoms with Crippen LogP contribution in [0.4, 0.5) is 4.39 Å². The third kappa shape index (κ3) is 4.60. The van der Waals surface area contributed by atoms with Crippen molar-refractivity contribution in [3.05, 3.63) is 64.7 Å². The van der Waals surface area contributed by atoms with Crippen LogP contribution in [0.2, 0.25) is 0 Å². The molecule has 0 aliphatic carbocycles. The first-order valence-electron chi connectivity index (χ1n) is 10.6.